The molecule has 9 heteroatoms. The van der Waals surface area contributed by atoms with E-state index in [0.717, 1.165) is 15.2 Å². The molecule has 0 amide bonds. The number of nitrogens with zero attached hydrogens (tertiary/aromatic N) is 4. The van der Waals surface area contributed by atoms with Crippen molar-refractivity contribution in [3.05, 3.63) is 58.2 Å². The van der Waals surface area contributed by atoms with E-state index in [-0.39, 0.29) is 5.69 Å². The zero-order valence-corrected chi connectivity index (χ0v) is 13.6. The van der Waals surface area contributed by atoms with Crippen molar-refractivity contribution < 1.29 is 9.34 Å². The molecule has 0 fully saturated rings. The Bertz CT molecular complexity index is 1030. The van der Waals surface area contributed by atoms with Crippen LogP contribution in [0.15, 0.2) is 62.6 Å². The molecule has 0 saturated carbocycles. The third-order valence-corrected chi connectivity index (χ3v) is 5.06. The van der Waals surface area contributed by atoms with Crippen LogP contribution in [-0.4, -0.2) is 20.1 Å². The van der Waals surface area contributed by atoms with Crippen LogP contribution < -0.4 is 0 Å². The number of hydrogen-bond acceptors (Lipinski definition) is 8. The first-order chi connectivity index (χ1) is 11.7. The summed E-state index contributed by atoms with van der Waals surface area (Å²) < 4.78 is 5.66. The summed E-state index contributed by atoms with van der Waals surface area (Å²) in [5.41, 5.74) is 0.0206. The van der Waals surface area contributed by atoms with Crippen molar-refractivity contribution in [3.8, 4) is 10.8 Å². The van der Waals surface area contributed by atoms with Gasteiger partial charge in [-0.1, -0.05) is 6.07 Å². The van der Waals surface area contributed by atoms with E-state index in [1.807, 2.05) is 17.5 Å². The SMILES string of the molecule is O=[N+]([O-])c1ccc(Sc2nnc(-c3cccs3)o2)c2ccncc12. The summed E-state index contributed by atoms with van der Waals surface area (Å²) in [6.45, 7) is 0. The van der Waals surface area contributed by atoms with Crippen molar-refractivity contribution in [1.29, 1.82) is 0 Å². The van der Waals surface area contributed by atoms with Gasteiger partial charge in [-0.25, -0.2) is 0 Å². The molecule has 4 aromatic rings. The molecule has 4 rings (SSSR count). The minimum absolute atomic E-state index is 0.0206. The summed E-state index contributed by atoms with van der Waals surface area (Å²) in [5, 5.41) is 22.7. The topological polar surface area (TPSA) is 95.0 Å². The number of hydrogen-bond donors (Lipinski definition) is 0. The Morgan fingerprint density at radius 2 is 2.08 bits per heavy atom. The number of aromatic nitrogens is 3. The molecule has 3 aromatic heterocycles. The molecule has 1 aromatic carbocycles. The van der Waals surface area contributed by atoms with Crippen LogP contribution in [0, 0.1) is 10.1 Å². The summed E-state index contributed by atoms with van der Waals surface area (Å²) in [6.07, 6.45) is 3.09. The van der Waals surface area contributed by atoms with Crippen molar-refractivity contribution in [3.63, 3.8) is 0 Å². The third kappa shape index (κ3) is 2.63. The van der Waals surface area contributed by atoms with E-state index in [1.165, 1.54) is 35.4 Å². The van der Waals surface area contributed by atoms with Crippen LogP contribution in [0.25, 0.3) is 21.5 Å². The van der Waals surface area contributed by atoms with Crippen LogP contribution in [0.3, 0.4) is 0 Å². The van der Waals surface area contributed by atoms with Crippen molar-refractivity contribution in [1.82, 2.24) is 15.2 Å². The Balaban J connectivity index is 1.73. The van der Waals surface area contributed by atoms with Gasteiger partial charge in [0.15, 0.2) is 0 Å². The van der Waals surface area contributed by atoms with E-state index in [2.05, 4.69) is 15.2 Å². The average Bonchev–Trinajstić information content (AvgIpc) is 3.26. The van der Waals surface area contributed by atoms with Gasteiger partial charge in [-0.3, -0.25) is 15.1 Å². The van der Waals surface area contributed by atoms with Crippen LogP contribution in [0.2, 0.25) is 0 Å². The van der Waals surface area contributed by atoms with Crippen LogP contribution in [0.5, 0.6) is 0 Å². The Morgan fingerprint density at radius 3 is 2.88 bits per heavy atom. The van der Waals surface area contributed by atoms with Crippen molar-refractivity contribution in [2.24, 2.45) is 0 Å². The van der Waals surface area contributed by atoms with Gasteiger partial charge in [0.25, 0.3) is 16.8 Å². The maximum absolute atomic E-state index is 11.2. The van der Waals surface area contributed by atoms with Gasteiger partial charge in [0.2, 0.25) is 0 Å². The molecule has 0 radical (unpaired) electrons. The van der Waals surface area contributed by atoms with Crippen LogP contribution in [0.4, 0.5) is 5.69 Å². The third-order valence-electron chi connectivity index (χ3n) is 3.29. The van der Waals surface area contributed by atoms with Gasteiger partial charge in [-0.15, -0.1) is 21.5 Å². The second kappa shape index (κ2) is 6.02. The summed E-state index contributed by atoms with van der Waals surface area (Å²) in [4.78, 5) is 16.4. The molecular weight excluding hydrogens is 348 g/mol. The highest BCUT2D eigenvalue weighted by Crippen LogP contribution is 2.37. The molecule has 3 heterocycles. The smallest absolute Gasteiger partial charge is 0.281 e. The molecule has 0 atom stereocenters. The first-order valence-corrected chi connectivity index (χ1v) is 8.48. The van der Waals surface area contributed by atoms with E-state index in [9.17, 15) is 10.1 Å². The minimum atomic E-state index is -0.417. The normalized spacial score (nSPS) is 11.0. The van der Waals surface area contributed by atoms with E-state index in [0.29, 0.717) is 16.5 Å². The average molecular weight is 356 g/mol. The van der Waals surface area contributed by atoms with Crippen LogP contribution in [0.1, 0.15) is 0 Å². The van der Waals surface area contributed by atoms with E-state index in [1.54, 1.807) is 18.3 Å². The molecule has 0 aliphatic heterocycles. The quantitative estimate of drug-likeness (QED) is 0.395. The summed E-state index contributed by atoms with van der Waals surface area (Å²) in [6, 6.07) is 8.69. The molecular formula is C15H8N4O3S2. The van der Waals surface area contributed by atoms with Crippen molar-refractivity contribution in [2.45, 2.75) is 10.1 Å². The second-order valence-electron chi connectivity index (χ2n) is 4.71. The fraction of sp³-hybridized carbons (Fsp3) is 0. The molecule has 0 unspecified atom stereocenters. The number of nitro benzene ring substituents is 1. The minimum Gasteiger partial charge on any atom is -0.410 e. The summed E-state index contributed by atoms with van der Waals surface area (Å²) in [5.74, 6) is 0.459. The number of pyridine rings is 1. The Hall–Kier alpha value is -2.78. The Labute approximate surface area is 143 Å². The summed E-state index contributed by atoms with van der Waals surface area (Å²) in [7, 11) is 0. The lowest BCUT2D eigenvalue weighted by Crippen LogP contribution is -1.91. The zero-order chi connectivity index (χ0) is 16.5. The van der Waals surface area contributed by atoms with E-state index < -0.39 is 4.92 Å². The molecule has 0 spiro atoms. The lowest BCUT2D eigenvalue weighted by molar-refractivity contribution is -0.383. The lowest BCUT2D eigenvalue weighted by Gasteiger charge is -2.04. The molecule has 0 aliphatic rings. The van der Waals surface area contributed by atoms with Crippen molar-refractivity contribution >= 4 is 39.6 Å². The molecule has 7 nitrogen and oxygen atoms in total. The highest BCUT2D eigenvalue weighted by molar-refractivity contribution is 7.99. The fourth-order valence-corrected chi connectivity index (χ4v) is 3.70. The molecule has 24 heavy (non-hydrogen) atoms. The van der Waals surface area contributed by atoms with Crippen molar-refractivity contribution in [2.75, 3.05) is 0 Å². The first-order valence-electron chi connectivity index (χ1n) is 6.79. The van der Waals surface area contributed by atoms with Gasteiger partial charge < -0.3 is 4.42 Å². The number of benzene rings is 1. The molecule has 0 bridgehead atoms. The largest absolute Gasteiger partial charge is 0.410 e. The number of rotatable bonds is 4. The highest BCUT2D eigenvalue weighted by Gasteiger charge is 2.17. The summed E-state index contributed by atoms with van der Waals surface area (Å²) >= 11 is 2.78. The Morgan fingerprint density at radius 1 is 1.17 bits per heavy atom. The first kappa shape index (κ1) is 14.8. The van der Waals surface area contributed by atoms with Crippen LogP contribution >= 0.6 is 23.1 Å². The number of fused-ring (bicyclic) bond motifs is 1. The number of non-ortho nitro benzene ring substituents is 1. The Kier molecular flexibility index (Phi) is 3.71. The zero-order valence-electron chi connectivity index (χ0n) is 11.9. The van der Waals surface area contributed by atoms with Gasteiger partial charge in [0, 0.05) is 28.7 Å². The maximum Gasteiger partial charge on any atom is 0.281 e. The number of nitro groups is 1. The predicted octanol–water partition coefficient (Wildman–Crippen LogP) is 4.41. The maximum atomic E-state index is 11.2. The van der Waals surface area contributed by atoms with E-state index in [4.69, 9.17) is 4.42 Å². The molecule has 118 valence electrons. The van der Waals surface area contributed by atoms with Gasteiger partial charge in [-0.05, 0) is 35.3 Å². The molecule has 0 N–H and O–H groups in total. The van der Waals surface area contributed by atoms with E-state index >= 15 is 0 Å². The van der Waals surface area contributed by atoms with Gasteiger partial charge in [-0.2, -0.15) is 0 Å². The van der Waals surface area contributed by atoms with Crippen LogP contribution in [-0.2, 0) is 0 Å². The van der Waals surface area contributed by atoms with Gasteiger partial charge in [0.05, 0.1) is 15.2 Å². The molecule has 0 aliphatic carbocycles. The highest BCUT2D eigenvalue weighted by atomic mass is 32.2. The predicted molar refractivity (Wildman–Crippen MR) is 90.1 cm³/mol. The van der Waals surface area contributed by atoms with Gasteiger partial charge in [0.1, 0.15) is 0 Å². The monoisotopic (exact) mass is 356 g/mol. The standard InChI is InChI=1S/C15H8N4O3S2/c20-19(21)11-3-4-12(9-5-6-16-8-10(9)11)24-15-18-17-14(22-15)13-2-1-7-23-13/h1-8H. The lowest BCUT2D eigenvalue weighted by atomic mass is 10.1. The fourth-order valence-electron chi connectivity index (χ4n) is 2.24. The number of thiophene rings is 1. The van der Waals surface area contributed by atoms with Gasteiger partial charge >= 0.3 is 0 Å². The second-order valence-corrected chi connectivity index (χ2v) is 6.65. The molecule has 0 saturated heterocycles.